The van der Waals surface area contributed by atoms with Gasteiger partial charge < -0.3 is 15.4 Å². The van der Waals surface area contributed by atoms with Gasteiger partial charge in [0.1, 0.15) is 18.2 Å². The fourth-order valence-electron chi connectivity index (χ4n) is 1.80. The smallest absolute Gasteiger partial charge is 0.158 e. The van der Waals surface area contributed by atoms with E-state index in [1.54, 1.807) is 7.11 Å². The Kier molecular flexibility index (Phi) is 6.56. The molecule has 0 aliphatic heterocycles. The average Bonchev–Trinajstić information content (AvgIpc) is 2.36. The van der Waals surface area contributed by atoms with Gasteiger partial charge in [0.25, 0.3) is 0 Å². The molecule has 0 fully saturated rings. The van der Waals surface area contributed by atoms with Crippen LogP contribution in [0.1, 0.15) is 39.4 Å². The highest BCUT2D eigenvalue weighted by Gasteiger charge is 2.08. The third-order valence-electron chi connectivity index (χ3n) is 2.87. The molecule has 5 heteroatoms. The van der Waals surface area contributed by atoms with Crippen LogP contribution in [0.2, 0.25) is 0 Å². The first-order valence-electron chi connectivity index (χ1n) is 6.86. The summed E-state index contributed by atoms with van der Waals surface area (Å²) in [5.74, 6) is 3.07. The molecule has 108 valence electrons. The van der Waals surface area contributed by atoms with Crippen LogP contribution < -0.4 is 10.6 Å². The van der Waals surface area contributed by atoms with Crippen molar-refractivity contribution in [1.82, 2.24) is 9.97 Å². The predicted molar refractivity (Wildman–Crippen MR) is 79.4 cm³/mol. The molecule has 0 radical (unpaired) electrons. The van der Waals surface area contributed by atoms with Gasteiger partial charge in [0, 0.05) is 26.3 Å². The maximum atomic E-state index is 5.09. The molecule has 0 saturated carbocycles. The van der Waals surface area contributed by atoms with Crippen LogP contribution in [-0.4, -0.2) is 30.2 Å². The van der Waals surface area contributed by atoms with E-state index < -0.39 is 0 Å². The highest BCUT2D eigenvalue weighted by molar-refractivity contribution is 5.47. The van der Waals surface area contributed by atoms with Crippen LogP contribution in [0.25, 0.3) is 0 Å². The third-order valence-corrected chi connectivity index (χ3v) is 2.87. The minimum Gasteiger partial charge on any atom is -0.377 e. The SMILES string of the molecule is CNc1cc(NC(C)CCC(C)C)nc(COC)n1. The maximum absolute atomic E-state index is 5.09. The van der Waals surface area contributed by atoms with Gasteiger partial charge in [-0.1, -0.05) is 13.8 Å². The molecule has 1 heterocycles. The molecule has 0 bridgehead atoms. The lowest BCUT2D eigenvalue weighted by Crippen LogP contribution is -2.18. The Morgan fingerprint density at radius 3 is 2.42 bits per heavy atom. The largest absolute Gasteiger partial charge is 0.377 e. The molecule has 1 aromatic rings. The number of aromatic nitrogens is 2. The van der Waals surface area contributed by atoms with E-state index in [0.29, 0.717) is 18.5 Å². The van der Waals surface area contributed by atoms with Crippen molar-refractivity contribution < 1.29 is 4.74 Å². The Morgan fingerprint density at radius 2 is 1.84 bits per heavy atom. The standard InChI is InChI=1S/C14H26N4O/c1-10(2)6-7-11(3)16-13-8-12(15-4)17-14(18-13)9-19-5/h8,10-11H,6-7,9H2,1-5H3,(H2,15,16,17,18). The number of rotatable bonds is 8. The van der Waals surface area contributed by atoms with Crippen LogP contribution >= 0.6 is 0 Å². The summed E-state index contributed by atoms with van der Waals surface area (Å²) in [6, 6.07) is 2.32. The number of methoxy groups -OCH3 is 1. The first-order valence-corrected chi connectivity index (χ1v) is 6.86. The van der Waals surface area contributed by atoms with Crippen LogP contribution in [0.15, 0.2) is 6.07 Å². The second-order valence-electron chi connectivity index (χ2n) is 5.25. The third kappa shape index (κ3) is 5.87. The Bertz CT molecular complexity index is 382. The van der Waals surface area contributed by atoms with Gasteiger partial charge in [-0.3, -0.25) is 0 Å². The average molecular weight is 266 g/mol. The highest BCUT2D eigenvalue weighted by Crippen LogP contribution is 2.15. The zero-order valence-corrected chi connectivity index (χ0v) is 12.7. The summed E-state index contributed by atoms with van der Waals surface area (Å²) < 4.78 is 5.09. The number of ether oxygens (including phenoxy) is 1. The quantitative estimate of drug-likeness (QED) is 0.757. The van der Waals surface area contributed by atoms with Crippen molar-refractivity contribution in [2.75, 3.05) is 24.8 Å². The predicted octanol–water partition coefficient (Wildman–Crippen LogP) is 2.90. The number of anilines is 2. The van der Waals surface area contributed by atoms with Gasteiger partial charge in [-0.15, -0.1) is 0 Å². The summed E-state index contributed by atoms with van der Waals surface area (Å²) >= 11 is 0. The van der Waals surface area contributed by atoms with E-state index in [1.807, 2.05) is 13.1 Å². The normalized spacial score (nSPS) is 12.5. The topological polar surface area (TPSA) is 59.1 Å². The van der Waals surface area contributed by atoms with Crippen molar-refractivity contribution in [2.24, 2.45) is 5.92 Å². The van der Waals surface area contributed by atoms with Crippen LogP contribution in [0.5, 0.6) is 0 Å². The van der Waals surface area contributed by atoms with E-state index >= 15 is 0 Å². The summed E-state index contributed by atoms with van der Waals surface area (Å²) in [5.41, 5.74) is 0. The number of nitrogens with zero attached hydrogens (tertiary/aromatic N) is 2. The van der Waals surface area contributed by atoms with Gasteiger partial charge in [-0.05, 0) is 25.7 Å². The zero-order valence-electron chi connectivity index (χ0n) is 12.7. The van der Waals surface area contributed by atoms with Gasteiger partial charge in [-0.25, -0.2) is 9.97 Å². The molecule has 0 saturated heterocycles. The molecule has 2 N–H and O–H groups in total. The van der Waals surface area contributed by atoms with E-state index in [9.17, 15) is 0 Å². The summed E-state index contributed by atoms with van der Waals surface area (Å²) in [6.07, 6.45) is 2.35. The van der Waals surface area contributed by atoms with Crippen molar-refractivity contribution in [3.05, 3.63) is 11.9 Å². The minimum atomic E-state index is 0.400. The maximum Gasteiger partial charge on any atom is 0.158 e. The van der Waals surface area contributed by atoms with Crippen molar-refractivity contribution in [1.29, 1.82) is 0 Å². The highest BCUT2D eigenvalue weighted by atomic mass is 16.5. The molecule has 1 rings (SSSR count). The lowest BCUT2D eigenvalue weighted by Gasteiger charge is -2.16. The molecule has 1 aromatic heterocycles. The van der Waals surface area contributed by atoms with E-state index in [-0.39, 0.29) is 0 Å². The molecule has 0 aliphatic rings. The van der Waals surface area contributed by atoms with E-state index in [2.05, 4.69) is 41.4 Å². The molecule has 19 heavy (non-hydrogen) atoms. The van der Waals surface area contributed by atoms with Gasteiger partial charge in [0.05, 0.1) is 0 Å². The molecule has 0 aromatic carbocycles. The Labute approximate surface area is 116 Å². The molecule has 5 nitrogen and oxygen atoms in total. The molecule has 0 amide bonds. The second-order valence-corrected chi connectivity index (χ2v) is 5.25. The molecule has 0 aliphatic carbocycles. The van der Waals surface area contributed by atoms with E-state index in [4.69, 9.17) is 4.74 Å². The Balaban J connectivity index is 2.67. The summed E-state index contributed by atoms with van der Waals surface area (Å²) in [6.45, 7) is 7.09. The minimum absolute atomic E-state index is 0.400. The monoisotopic (exact) mass is 266 g/mol. The van der Waals surface area contributed by atoms with Gasteiger partial charge in [0.2, 0.25) is 0 Å². The number of nitrogens with one attached hydrogen (secondary N) is 2. The van der Waals surface area contributed by atoms with Crippen LogP contribution in [0.4, 0.5) is 11.6 Å². The molecular weight excluding hydrogens is 240 g/mol. The number of hydrogen-bond donors (Lipinski definition) is 2. The Morgan fingerprint density at radius 1 is 1.16 bits per heavy atom. The molecule has 1 unspecified atom stereocenters. The van der Waals surface area contributed by atoms with Gasteiger partial charge in [0.15, 0.2) is 5.82 Å². The van der Waals surface area contributed by atoms with Crippen LogP contribution in [0, 0.1) is 5.92 Å². The van der Waals surface area contributed by atoms with Crippen LogP contribution in [-0.2, 0) is 11.3 Å². The Hall–Kier alpha value is -1.36. The number of hydrogen-bond acceptors (Lipinski definition) is 5. The summed E-state index contributed by atoms with van der Waals surface area (Å²) in [7, 11) is 3.50. The molecular formula is C14H26N4O. The lowest BCUT2D eigenvalue weighted by molar-refractivity contribution is 0.178. The first-order chi connectivity index (χ1) is 9.05. The first kappa shape index (κ1) is 15.7. The van der Waals surface area contributed by atoms with Crippen molar-refractivity contribution in [3.8, 4) is 0 Å². The lowest BCUT2D eigenvalue weighted by atomic mass is 10.0. The molecule has 1 atom stereocenters. The second kappa shape index (κ2) is 7.94. The van der Waals surface area contributed by atoms with Crippen LogP contribution in [0.3, 0.4) is 0 Å². The van der Waals surface area contributed by atoms with Crippen molar-refractivity contribution in [3.63, 3.8) is 0 Å². The summed E-state index contributed by atoms with van der Waals surface area (Å²) in [4.78, 5) is 8.79. The fraction of sp³-hybridized carbons (Fsp3) is 0.714. The van der Waals surface area contributed by atoms with Gasteiger partial charge in [-0.2, -0.15) is 0 Å². The van der Waals surface area contributed by atoms with Crippen molar-refractivity contribution >= 4 is 11.6 Å². The fourth-order valence-corrected chi connectivity index (χ4v) is 1.80. The van der Waals surface area contributed by atoms with E-state index in [1.165, 1.54) is 6.42 Å². The van der Waals surface area contributed by atoms with E-state index in [0.717, 1.165) is 24.0 Å². The van der Waals surface area contributed by atoms with Crippen molar-refractivity contribution in [2.45, 2.75) is 46.3 Å². The zero-order chi connectivity index (χ0) is 14.3. The molecule has 0 spiro atoms. The summed E-state index contributed by atoms with van der Waals surface area (Å²) in [5, 5.41) is 6.47. The van der Waals surface area contributed by atoms with Gasteiger partial charge >= 0.3 is 0 Å².